The molecule has 0 radical (unpaired) electrons. The van der Waals surface area contributed by atoms with Gasteiger partial charge >= 0.3 is 0 Å². The Balaban J connectivity index is 1.42. The van der Waals surface area contributed by atoms with Gasteiger partial charge in [-0.25, -0.2) is 0 Å². The zero-order chi connectivity index (χ0) is 24.3. The second-order valence-corrected chi connectivity index (χ2v) is 9.30. The molecule has 3 aliphatic rings. The fraction of sp³-hybridized carbons (Fsp3) is 0.565. The van der Waals surface area contributed by atoms with E-state index in [2.05, 4.69) is 25.8 Å². The first kappa shape index (κ1) is 24.4. The van der Waals surface area contributed by atoms with E-state index in [9.17, 15) is 14.4 Å². The molecule has 1 atom stereocenters. The smallest absolute Gasteiger partial charge is 0.267 e. The molecule has 2 heterocycles. The van der Waals surface area contributed by atoms with E-state index in [4.69, 9.17) is 22.1 Å². The minimum atomic E-state index is -1.31. The van der Waals surface area contributed by atoms with Crippen molar-refractivity contribution in [3.8, 4) is 0 Å². The Hall–Kier alpha value is -2.69. The average molecular weight is 491 g/mol. The summed E-state index contributed by atoms with van der Waals surface area (Å²) in [6, 6.07) is 5.63. The number of aliphatic imine (C=N–C) groups is 1. The molecule has 2 fully saturated rings. The Morgan fingerprint density at radius 2 is 1.91 bits per heavy atom. The van der Waals surface area contributed by atoms with Crippen molar-refractivity contribution >= 4 is 46.4 Å². The first-order valence-electron chi connectivity index (χ1n) is 11.6. The van der Waals surface area contributed by atoms with E-state index < -0.39 is 17.4 Å². The van der Waals surface area contributed by atoms with Crippen LogP contribution in [0.15, 0.2) is 23.2 Å². The van der Waals surface area contributed by atoms with Crippen molar-refractivity contribution in [2.24, 2.45) is 22.6 Å². The molecule has 1 unspecified atom stereocenters. The summed E-state index contributed by atoms with van der Waals surface area (Å²) in [5.74, 6) is -1.59. The number of amides is 3. The Morgan fingerprint density at radius 3 is 2.56 bits per heavy atom. The Kier molecular flexibility index (Phi) is 7.39. The molecule has 11 heteroatoms. The Bertz CT molecular complexity index is 988. The van der Waals surface area contributed by atoms with Crippen LogP contribution < -0.4 is 26.6 Å². The zero-order valence-corrected chi connectivity index (χ0v) is 20.0. The molecule has 2 aliphatic heterocycles. The summed E-state index contributed by atoms with van der Waals surface area (Å²) in [6.07, 6.45) is 2.25. The van der Waals surface area contributed by atoms with Crippen LogP contribution in [0.2, 0.25) is 5.02 Å². The number of hydrogen-bond acceptors (Lipinski definition) is 7. The topological polar surface area (TPSA) is 138 Å². The number of hydrogen-bond donors (Lipinski definition) is 4. The summed E-state index contributed by atoms with van der Waals surface area (Å²) in [4.78, 5) is 44.3. The third-order valence-electron chi connectivity index (χ3n) is 7.09. The molecule has 1 aromatic rings. The summed E-state index contributed by atoms with van der Waals surface area (Å²) in [5.41, 5.74) is 6.16. The second-order valence-electron chi connectivity index (χ2n) is 8.89. The number of halogens is 1. The SMILES string of the molecule is CNC(=O)C1=NCNC1(C(N)=O)C1CCC(C(=O)Nc2cc(N3CCOCC3)ccc2Cl)CC1. The molecule has 184 valence electrons. The van der Waals surface area contributed by atoms with E-state index in [1.165, 1.54) is 7.05 Å². The van der Waals surface area contributed by atoms with Crippen molar-refractivity contribution in [3.63, 3.8) is 0 Å². The molecule has 0 spiro atoms. The van der Waals surface area contributed by atoms with Gasteiger partial charge in [0.15, 0.2) is 0 Å². The van der Waals surface area contributed by atoms with Crippen molar-refractivity contribution in [1.29, 1.82) is 0 Å². The number of primary amides is 1. The highest BCUT2D eigenvalue weighted by Crippen LogP contribution is 2.39. The van der Waals surface area contributed by atoms with E-state index in [0.29, 0.717) is 49.6 Å². The molecule has 34 heavy (non-hydrogen) atoms. The maximum atomic E-state index is 13.1. The van der Waals surface area contributed by atoms with Crippen LogP contribution in [0.1, 0.15) is 25.7 Å². The second kappa shape index (κ2) is 10.3. The molecular weight excluding hydrogens is 460 g/mol. The standard InChI is InChI=1S/C23H31ClN6O4/c1-26-21(32)19-23(22(25)33,28-13-27-19)15-4-2-14(3-5-15)20(31)29-18-12-16(6-7-17(18)24)30-8-10-34-11-9-30/h6-7,12,14-15,28H,2-5,8-11,13H2,1H3,(H2,25,33)(H,26,32)(H,29,31). The Morgan fingerprint density at radius 1 is 1.21 bits per heavy atom. The molecule has 0 bridgehead atoms. The summed E-state index contributed by atoms with van der Waals surface area (Å²) < 4.78 is 5.41. The van der Waals surface area contributed by atoms with Crippen LogP contribution in [0.5, 0.6) is 0 Å². The van der Waals surface area contributed by atoms with E-state index >= 15 is 0 Å². The highest BCUT2D eigenvalue weighted by molar-refractivity contribution is 6.47. The summed E-state index contributed by atoms with van der Waals surface area (Å²) in [6.45, 7) is 3.07. The monoisotopic (exact) mass is 490 g/mol. The molecule has 1 aliphatic carbocycles. The van der Waals surface area contributed by atoms with Gasteiger partial charge in [-0.05, 0) is 49.8 Å². The number of nitrogens with two attached hydrogens (primary N) is 1. The van der Waals surface area contributed by atoms with Crippen molar-refractivity contribution in [1.82, 2.24) is 10.6 Å². The molecule has 1 aromatic carbocycles. The molecule has 1 saturated heterocycles. The van der Waals surface area contributed by atoms with Crippen LogP contribution in [0.25, 0.3) is 0 Å². The normalized spacial score (nSPS) is 27.1. The molecule has 0 aromatic heterocycles. The first-order valence-corrected chi connectivity index (χ1v) is 12.0. The third kappa shape index (κ3) is 4.62. The zero-order valence-electron chi connectivity index (χ0n) is 19.2. The summed E-state index contributed by atoms with van der Waals surface area (Å²) >= 11 is 6.37. The minimum absolute atomic E-state index is 0.104. The number of ether oxygens (including phenoxy) is 1. The molecular formula is C23H31ClN6O4. The van der Waals surface area contributed by atoms with Crippen molar-refractivity contribution in [2.45, 2.75) is 31.2 Å². The van der Waals surface area contributed by atoms with Gasteiger partial charge < -0.3 is 26.0 Å². The first-order chi connectivity index (χ1) is 16.4. The lowest BCUT2D eigenvalue weighted by atomic mass is 9.69. The maximum Gasteiger partial charge on any atom is 0.267 e. The number of anilines is 2. The lowest BCUT2D eigenvalue weighted by molar-refractivity contribution is -0.126. The number of benzene rings is 1. The van der Waals surface area contributed by atoms with Crippen LogP contribution in [-0.2, 0) is 19.1 Å². The van der Waals surface area contributed by atoms with Gasteiger partial charge in [0, 0.05) is 31.7 Å². The fourth-order valence-electron chi connectivity index (χ4n) is 5.21. The number of rotatable bonds is 6. The van der Waals surface area contributed by atoms with Crippen molar-refractivity contribution in [2.75, 3.05) is 50.2 Å². The molecule has 10 nitrogen and oxygen atoms in total. The summed E-state index contributed by atoms with van der Waals surface area (Å²) in [7, 11) is 1.50. The van der Waals surface area contributed by atoms with Gasteiger partial charge in [0.1, 0.15) is 11.3 Å². The number of carbonyl (C=O) groups is 3. The fourth-order valence-corrected chi connectivity index (χ4v) is 5.38. The van der Waals surface area contributed by atoms with Gasteiger partial charge in [-0.15, -0.1) is 0 Å². The van der Waals surface area contributed by atoms with Gasteiger partial charge in [-0.3, -0.25) is 24.7 Å². The van der Waals surface area contributed by atoms with Crippen LogP contribution in [0, 0.1) is 11.8 Å². The van der Waals surface area contributed by atoms with Crippen LogP contribution in [0.4, 0.5) is 11.4 Å². The lowest BCUT2D eigenvalue weighted by Crippen LogP contribution is -2.65. The average Bonchev–Trinajstić information content (AvgIpc) is 3.32. The third-order valence-corrected chi connectivity index (χ3v) is 7.42. The Labute approximate surface area is 203 Å². The van der Waals surface area contributed by atoms with E-state index in [1.54, 1.807) is 6.07 Å². The van der Waals surface area contributed by atoms with Gasteiger partial charge in [0.2, 0.25) is 11.8 Å². The number of carbonyl (C=O) groups excluding carboxylic acids is 3. The van der Waals surface area contributed by atoms with Crippen LogP contribution in [0.3, 0.4) is 0 Å². The number of nitrogens with zero attached hydrogens (tertiary/aromatic N) is 2. The molecule has 3 amide bonds. The number of morpholine rings is 1. The van der Waals surface area contributed by atoms with Gasteiger partial charge in [-0.2, -0.15) is 0 Å². The molecule has 5 N–H and O–H groups in total. The highest BCUT2D eigenvalue weighted by atomic mass is 35.5. The van der Waals surface area contributed by atoms with Crippen molar-refractivity contribution < 1.29 is 19.1 Å². The van der Waals surface area contributed by atoms with Gasteiger partial charge in [0.05, 0.1) is 30.6 Å². The van der Waals surface area contributed by atoms with Crippen molar-refractivity contribution in [3.05, 3.63) is 23.2 Å². The quantitative estimate of drug-likeness (QED) is 0.467. The van der Waals surface area contributed by atoms with E-state index in [1.807, 2.05) is 12.1 Å². The summed E-state index contributed by atoms with van der Waals surface area (Å²) in [5, 5.41) is 9.07. The minimum Gasteiger partial charge on any atom is -0.378 e. The van der Waals surface area contributed by atoms with Crippen LogP contribution in [-0.4, -0.2) is 69.0 Å². The largest absolute Gasteiger partial charge is 0.378 e. The lowest BCUT2D eigenvalue weighted by Gasteiger charge is -2.39. The predicted octanol–water partition coefficient (Wildman–Crippen LogP) is 0.893. The number of nitrogens with one attached hydrogen (secondary N) is 3. The van der Waals surface area contributed by atoms with E-state index in [0.717, 1.165) is 18.8 Å². The van der Waals surface area contributed by atoms with Crippen LogP contribution >= 0.6 is 11.6 Å². The van der Waals surface area contributed by atoms with Gasteiger partial charge in [-0.1, -0.05) is 11.6 Å². The highest BCUT2D eigenvalue weighted by Gasteiger charge is 2.54. The maximum absolute atomic E-state index is 13.1. The predicted molar refractivity (Wildman–Crippen MR) is 130 cm³/mol. The molecule has 1 saturated carbocycles. The molecule has 4 rings (SSSR count). The van der Waals surface area contributed by atoms with Gasteiger partial charge in [0.25, 0.3) is 5.91 Å². The van der Waals surface area contributed by atoms with E-state index in [-0.39, 0.29) is 30.1 Å².